The Morgan fingerprint density at radius 3 is 2.53 bits per heavy atom. The summed E-state index contributed by atoms with van der Waals surface area (Å²) in [5.41, 5.74) is -0.126. The molecule has 0 aliphatic rings. The average Bonchev–Trinajstić information content (AvgIpc) is 2.23. The van der Waals surface area contributed by atoms with Crippen LogP contribution in [0.5, 0.6) is 0 Å². The Kier molecular flexibility index (Phi) is 3.36. The van der Waals surface area contributed by atoms with Crippen LogP contribution in [0.25, 0.3) is 0 Å². The molecule has 1 aromatic carbocycles. The lowest BCUT2D eigenvalue weighted by atomic mass is 10.3. The fourth-order valence-electron chi connectivity index (χ4n) is 1.23. The van der Waals surface area contributed by atoms with Gasteiger partial charge in [0.05, 0.1) is 6.33 Å². The monoisotopic (exact) mass is 349 g/mol. The van der Waals surface area contributed by atoms with Crippen molar-refractivity contribution in [3.63, 3.8) is 0 Å². The van der Waals surface area contributed by atoms with Gasteiger partial charge in [0.25, 0.3) is 5.56 Å². The van der Waals surface area contributed by atoms with Crippen LogP contribution in [0.4, 0.5) is 20.3 Å². The zero-order chi connectivity index (χ0) is 12.4. The van der Waals surface area contributed by atoms with Gasteiger partial charge in [-0.25, -0.2) is 13.8 Å². The summed E-state index contributed by atoms with van der Waals surface area (Å²) in [7, 11) is 0. The van der Waals surface area contributed by atoms with Crippen molar-refractivity contribution in [1.29, 1.82) is 0 Å². The lowest BCUT2D eigenvalue weighted by Crippen LogP contribution is -2.13. The molecule has 7 heteroatoms. The first-order valence-corrected chi connectivity index (χ1v) is 5.60. The topological polar surface area (TPSA) is 57.8 Å². The van der Waals surface area contributed by atoms with Gasteiger partial charge in [0.15, 0.2) is 5.82 Å². The van der Waals surface area contributed by atoms with Gasteiger partial charge in [-0.2, -0.15) is 0 Å². The van der Waals surface area contributed by atoms with Crippen molar-refractivity contribution < 1.29 is 8.78 Å². The number of nitrogens with one attached hydrogen (secondary N) is 2. The summed E-state index contributed by atoms with van der Waals surface area (Å²) in [6.45, 7) is 0. The second kappa shape index (κ2) is 4.78. The number of nitrogens with zero attached hydrogens (tertiary/aromatic N) is 1. The number of H-pyrrole nitrogens is 1. The van der Waals surface area contributed by atoms with Gasteiger partial charge in [-0.1, -0.05) is 0 Å². The van der Waals surface area contributed by atoms with Crippen molar-refractivity contribution in [2.45, 2.75) is 0 Å². The molecule has 88 valence electrons. The molecule has 0 radical (unpaired) electrons. The van der Waals surface area contributed by atoms with E-state index in [9.17, 15) is 13.6 Å². The molecule has 2 N–H and O–H groups in total. The van der Waals surface area contributed by atoms with Crippen LogP contribution in [0.2, 0.25) is 0 Å². The van der Waals surface area contributed by atoms with Gasteiger partial charge in [0.2, 0.25) is 0 Å². The van der Waals surface area contributed by atoms with Crippen LogP contribution < -0.4 is 10.9 Å². The molecule has 0 unspecified atom stereocenters. The molecule has 4 nitrogen and oxygen atoms in total. The predicted molar refractivity (Wildman–Crippen MR) is 67.2 cm³/mol. The van der Waals surface area contributed by atoms with Crippen molar-refractivity contribution in [2.75, 3.05) is 5.32 Å². The van der Waals surface area contributed by atoms with Crippen molar-refractivity contribution in [2.24, 2.45) is 0 Å². The molecular formula is C10H6F2IN3O. The average molecular weight is 349 g/mol. The van der Waals surface area contributed by atoms with Crippen molar-refractivity contribution >= 4 is 34.1 Å². The lowest BCUT2D eigenvalue weighted by Gasteiger charge is -2.06. The molecule has 0 aliphatic carbocycles. The van der Waals surface area contributed by atoms with Gasteiger partial charge in [-0.15, -0.1) is 0 Å². The fraction of sp³-hybridized carbons (Fsp3) is 0. The van der Waals surface area contributed by atoms with Gasteiger partial charge < -0.3 is 10.3 Å². The smallest absolute Gasteiger partial charge is 0.266 e. The van der Waals surface area contributed by atoms with E-state index in [2.05, 4.69) is 15.3 Å². The van der Waals surface area contributed by atoms with Crippen LogP contribution in [-0.2, 0) is 0 Å². The first-order chi connectivity index (χ1) is 8.06. The molecule has 0 amide bonds. The molecule has 0 saturated carbocycles. The molecule has 2 aromatic rings. The van der Waals surface area contributed by atoms with E-state index in [1.807, 2.05) is 0 Å². The number of hydrogen-bond acceptors (Lipinski definition) is 3. The largest absolute Gasteiger partial charge is 0.339 e. The van der Waals surface area contributed by atoms with Crippen molar-refractivity contribution in [1.82, 2.24) is 9.97 Å². The summed E-state index contributed by atoms with van der Waals surface area (Å²) >= 11 is 1.79. The highest BCUT2D eigenvalue weighted by Gasteiger charge is 2.07. The third-order valence-electron chi connectivity index (χ3n) is 1.92. The summed E-state index contributed by atoms with van der Waals surface area (Å²) in [6.07, 6.45) is 1.21. The van der Waals surface area contributed by atoms with Crippen LogP contribution in [0.15, 0.2) is 29.3 Å². The fourth-order valence-corrected chi connectivity index (χ4v) is 1.66. The first-order valence-electron chi connectivity index (χ1n) is 4.52. The normalized spacial score (nSPS) is 10.3. The molecule has 1 aromatic heterocycles. The summed E-state index contributed by atoms with van der Waals surface area (Å²) in [6, 6.07) is 2.99. The molecule has 2 rings (SSSR count). The summed E-state index contributed by atoms with van der Waals surface area (Å²) in [5.74, 6) is -1.15. The zero-order valence-corrected chi connectivity index (χ0v) is 10.5. The van der Waals surface area contributed by atoms with Gasteiger partial charge in [-0.3, -0.25) is 4.79 Å². The van der Waals surface area contributed by atoms with Crippen LogP contribution in [0, 0.1) is 15.2 Å². The zero-order valence-electron chi connectivity index (χ0n) is 8.30. The third kappa shape index (κ3) is 2.78. The predicted octanol–water partition coefficient (Wildman–Crippen LogP) is 2.40. The standard InChI is InChI=1S/C10H6F2IN3O/c11-5-1-6(12)3-7(2-5)16-9-8(13)10(17)15-4-14-9/h1-4H,(H2,14,15,16,17). The van der Waals surface area contributed by atoms with Crippen LogP contribution in [-0.4, -0.2) is 9.97 Å². The Balaban J connectivity index is 2.38. The van der Waals surface area contributed by atoms with Crippen LogP contribution in [0.1, 0.15) is 0 Å². The number of halogens is 3. The number of benzene rings is 1. The number of aromatic nitrogens is 2. The SMILES string of the molecule is O=c1[nH]cnc(Nc2cc(F)cc(F)c2)c1I. The number of hydrogen-bond donors (Lipinski definition) is 2. The molecule has 0 spiro atoms. The molecule has 0 saturated heterocycles. The highest BCUT2D eigenvalue weighted by Crippen LogP contribution is 2.19. The van der Waals surface area contributed by atoms with Gasteiger partial charge in [0, 0.05) is 11.8 Å². The molecule has 0 atom stereocenters. The van der Waals surface area contributed by atoms with Crippen LogP contribution in [0.3, 0.4) is 0 Å². The number of anilines is 2. The van der Waals surface area contributed by atoms with Gasteiger partial charge >= 0.3 is 0 Å². The second-order valence-electron chi connectivity index (χ2n) is 3.18. The molecule has 1 heterocycles. The van der Waals surface area contributed by atoms with Gasteiger partial charge in [0.1, 0.15) is 15.2 Å². The van der Waals surface area contributed by atoms with E-state index in [-0.39, 0.29) is 17.1 Å². The first kappa shape index (κ1) is 12.0. The minimum Gasteiger partial charge on any atom is -0.339 e. The maximum atomic E-state index is 12.9. The van der Waals surface area contributed by atoms with E-state index in [0.717, 1.165) is 18.2 Å². The number of rotatable bonds is 2. The summed E-state index contributed by atoms with van der Waals surface area (Å²) in [4.78, 5) is 17.5. The van der Waals surface area contributed by atoms with Gasteiger partial charge in [-0.05, 0) is 34.7 Å². The molecule has 0 aliphatic heterocycles. The molecule has 0 bridgehead atoms. The maximum Gasteiger partial charge on any atom is 0.266 e. The molecule has 17 heavy (non-hydrogen) atoms. The van der Waals surface area contributed by atoms with E-state index in [1.54, 1.807) is 22.6 Å². The Morgan fingerprint density at radius 1 is 1.24 bits per heavy atom. The minimum atomic E-state index is -0.702. The van der Waals surface area contributed by atoms with E-state index >= 15 is 0 Å². The van der Waals surface area contributed by atoms with E-state index in [4.69, 9.17) is 0 Å². The highest BCUT2D eigenvalue weighted by molar-refractivity contribution is 14.1. The van der Waals surface area contributed by atoms with E-state index in [0.29, 0.717) is 3.57 Å². The summed E-state index contributed by atoms with van der Waals surface area (Å²) in [5, 5.41) is 2.68. The summed E-state index contributed by atoms with van der Waals surface area (Å²) < 4.78 is 26.2. The lowest BCUT2D eigenvalue weighted by molar-refractivity contribution is 0.584. The third-order valence-corrected chi connectivity index (χ3v) is 2.92. The number of aromatic amines is 1. The molecular weight excluding hydrogens is 343 g/mol. The second-order valence-corrected chi connectivity index (χ2v) is 4.26. The molecule has 0 fully saturated rings. The Morgan fingerprint density at radius 2 is 1.88 bits per heavy atom. The van der Waals surface area contributed by atoms with E-state index in [1.165, 1.54) is 6.33 Å². The van der Waals surface area contributed by atoms with Crippen molar-refractivity contribution in [3.8, 4) is 0 Å². The Labute approximate surface area is 108 Å². The highest BCUT2D eigenvalue weighted by atomic mass is 127. The minimum absolute atomic E-state index is 0.193. The van der Waals surface area contributed by atoms with Crippen LogP contribution >= 0.6 is 22.6 Å². The Bertz CT molecular complexity index is 594. The Hall–Kier alpha value is -1.51. The maximum absolute atomic E-state index is 12.9. The van der Waals surface area contributed by atoms with Crippen molar-refractivity contribution in [3.05, 3.63) is 50.1 Å². The van der Waals surface area contributed by atoms with E-state index < -0.39 is 11.6 Å². The quantitative estimate of drug-likeness (QED) is 0.819.